The van der Waals surface area contributed by atoms with Crippen molar-refractivity contribution in [3.63, 3.8) is 0 Å². The smallest absolute Gasteiger partial charge is 0.387 e. The first-order valence-corrected chi connectivity index (χ1v) is 21.6. The van der Waals surface area contributed by atoms with E-state index in [9.17, 15) is 44.9 Å². The molecule has 51 heavy (non-hydrogen) atoms. The number of hydrogen-bond acceptors (Lipinski definition) is 10. The van der Waals surface area contributed by atoms with E-state index >= 15 is 0 Å². The van der Waals surface area contributed by atoms with Gasteiger partial charge >= 0.3 is 7.82 Å². The zero-order valence-electron chi connectivity index (χ0n) is 31.7. The van der Waals surface area contributed by atoms with E-state index in [0.29, 0.717) is 6.42 Å². The maximum Gasteiger partial charge on any atom is 0.472 e. The van der Waals surface area contributed by atoms with E-state index < -0.39 is 63.2 Å². The van der Waals surface area contributed by atoms with E-state index in [2.05, 4.69) is 19.2 Å². The standard InChI is InChI=1S/C38H74NO11P/c1-3-5-7-9-11-13-15-16-17-18-19-21-23-25-27-31(40)30(39-32(41)28-26-24-22-20-14-12-10-8-6-4-2)29-49-51(47,48)50-38-36(45)34(43)33(42)35(44)37(38)46/h25,27,30-31,33-38,40,42-46H,3-24,26,28-29H2,1-2H3,(H,39,41)(H,47,48)/b27-25+/t30-,31+,33?,34+,35?,36?,37?,38?/m0/s1. The molecule has 6 unspecified atom stereocenters. The molecule has 0 aromatic rings. The van der Waals surface area contributed by atoms with Gasteiger partial charge in [-0.05, 0) is 19.3 Å². The first-order chi connectivity index (χ1) is 24.4. The van der Waals surface area contributed by atoms with Crippen molar-refractivity contribution in [3.05, 3.63) is 12.2 Å². The van der Waals surface area contributed by atoms with Crippen molar-refractivity contribution in [2.45, 2.75) is 217 Å². The molecule has 0 spiro atoms. The van der Waals surface area contributed by atoms with Crippen LogP contribution in [0, 0.1) is 0 Å². The fourth-order valence-corrected chi connectivity index (χ4v) is 7.40. The summed E-state index contributed by atoms with van der Waals surface area (Å²) in [7, 11) is -5.06. The Kier molecular flexibility index (Phi) is 27.8. The lowest BCUT2D eigenvalue weighted by molar-refractivity contribution is -0.220. The van der Waals surface area contributed by atoms with Gasteiger partial charge in [-0.15, -0.1) is 0 Å². The van der Waals surface area contributed by atoms with Crippen LogP contribution in [0.25, 0.3) is 0 Å². The number of aliphatic hydroxyl groups excluding tert-OH is 6. The molecule has 302 valence electrons. The number of hydrogen-bond donors (Lipinski definition) is 8. The Balaban J connectivity index is 2.59. The summed E-state index contributed by atoms with van der Waals surface area (Å²) in [4.78, 5) is 23.2. The molecule has 12 nitrogen and oxygen atoms in total. The van der Waals surface area contributed by atoms with Crippen molar-refractivity contribution in [3.8, 4) is 0 Å². The number of unbranched alkanes of at least 4 members (excludes halogenated alkanes) is 21. The first-order valence-electron chi connectivity index (χ1n) is 20.1. The van der Waals surface area contributed by atoms with E-state index in [4.69, 9.17) is 9.05 Å². The average Bonchev–Trinajstić information content (AvgIpc) is 3.11. The van der Waals surface area contributed by atoms with Gasteiger partial charge in [0.25, 0.3) is 0 Å². The number of phosphoric acid groups is 1. The Hall–Kier alpha value is -0.920. The summed E-state index contributed by atoms with van der Waals surface area (Å²) in [5.74, 6) is -0.344. The number of carbonyl (C=O) groups is 1. The minimum absolute atomic E-state index is 0.216. The van der Waals surface area contributed by atoms with Gasteiger partial charge in [0.2, 0.25) is 5.91 Å². The average molecular weight is 752 g/mol. The van der Waals surface area contributed by atoms with Crippen LogP contribution < -0.4 is 5.32 Å². The third-order valence-electron chi connectivity index (χ3n) is 9.82. The van der Waals surface area contributed by atoms with Crippen LogP contribution in [-0.4, -0.2) is 96.8 Å². The summed E-state index contributed by atoms with van der Waals surface area (Å²) < 4.78 is 22.8. The van der Waals surface area contributed by atoms with Gasteiger partial charge in [0.1, 0.15) is 36.6 Å². The number of aliphatic hydroxyl groups is 6. The molecule has 1 rings (SSSR count). The summed E-state index contributed by atoms with van der Waals surface area (Å²) in [5, 5.41) is 63.6. The molecule has 1 aliphatic carbocycles. The lowest BCUT2D eigenvalue weighted by atomic mass is 9.85. The number of nitrogens with one attached hydrogen (secondary N) is 1. The molecule has 0 aromatic carbocycles. The Morgan fingerprint density at radius 3 is 1.49 bits per heavy atom. The van der Waals surface area contributed by atoms with Crippen LogP contribution in [-0.2, 0) is 18.4 Å². The van der Waals surface area contributed by atoms with E-state index in [1.165, 1.54) is 102 Å². The monoisotopic (exact) mass is 751 g/mol. The lowest BCUT2D eigenvalue weighted by Gasteiger charge is -2.41. The highest BCUT2D eigenvalue weighted by Gasteiger charge is 2.51. The summed E-state index contributed by atoms with van der Waals surface area (Å²) in [5.41, 5.74) is 0. The molecule has 1 fully saturated rings. The number of allylic oxidation sites excluding steroid dienone is 1. The zero-order chi connectivity index (χ0) is 37.9. The van der Waals surface area contributed by atoms with Gasteiger partial charge < -0.3 is 40.8 Å². The highest BCUT2D eigenvalue weighted by atomic mass is 31.2. The minimum atomic E-state index is -5.06. The molecule has 0 aliphatic heterocycles. The summed E-state index contributed by atoms with van der Waals surface area (Å²) in [6.45, 7) is 3.79. The second-order valence-electron chi connectivity index (χ2n) is 14.5. The molecular formula is C38H74NO11P. The molecule has 13 heteroatoms. The van der Waals surface area contributed by atoms with Crippen LogP contribution in [0.4, 0.5) is 0 Å². The predicted octanol–water partition coefficient (Wildman–Crippen LogP) is 6.11. The third-order valence-corrected chi connectivity index (χ3v) is 10.8. The van der Waals surface area contributed by atoms with Crippen LogP contribution in [0.3, 0.4) is 0 Å². The Bertz CT molecular complexity index is 926. The number of amides is 1. The Labute approximate surface area is 308 Å². The van der Waals surface area contributed by atoms with Crippen molar-refractivity contribution in [2.75, 3.05) is 6.61 Å². The highest BCUT2D eigenvalue weighted by molar-refractivity contribution is 7.47. The van der Waals surface area contributed by atoms with Gasteiger partial charge in [-0.3, -0.25) is 13.8 Å². The Morgan fingerprint density at radius 2 is 1.04 bits per heavy atom. The number of rotatable bonds is 32. The van der Waals surface area contributed by atoms with E-state index in [1.54, 1.807) is 0 Å². The van der Waals surface area contributed by atoms with Gasteiger partial charge in [-0.1, -0.05) is 154 Å². The fourth-order valence-electron chi connectivity index (χ4n) is 6.43. The molecule has 9 atom stereocenters. The predicted molar refractivity (Wildman–Crippen MR) is 200 cm³/mol. The molecule has 0 aromatic heterocycles. The van der Waals surface area contributed by atoms with Crippen molar-refractivity contribution in [1.29, 1.82) is 0 Å². The molecule has 8 N–H and O–H groups in total. The SMILES string of the molecule is CCCCCCCCCCCCCC/C=C/[C@@H](O)[C@H](COP(=O)(O)OC1C(O)C(O)C(O)[C@@H](O)C1O)NC(=O)CCCCCCCCCCCC. The van der Waals surface area contributed by atoms with E-state index in [1.807, 2.05) is 6.08 Å². The van der Waals surface area contributed by atoms with Gasteiger partial charge in [-0.25, -0.2) is 4.57 Å². The van der Waals surface area contributed by atoms with Crippen molar-refractivity contribution in [1.82, 2.24) is 5.32 Å². The largest absolute Gasteiger partial charge is 0.472 e. The van der Waals surface area contributed by atoms with Crippen LogP contribution in [0.2, 0.25) is 0 Å². The van der Waals surface area contributed by atoms with Crippen LogP contribution >= 0.6 is 7.82 Å². The molecular weight excluding hydrogens is 677 g/mol. The maximum absolute atomic E-state index is 12.8. The number of phosphoric ester groups is 1. The van der Waals surface area contributed by atoms with E-state index in [-0.39, 0.29) is 12.3 Å². The topological polar surface area (TPSA) is 206 Å². The fraction of sp³-hybridized carbons (Fsp3) is 0.921. The molecule has 0 bridgehead atoms. The minimum Gasteiger partial charge on any atom is -0.387 e. The van der Waals surface area contributed by atoms with Gasteiger partial charge in [-0.2, -0.15) is 0 Å². The molecule has 1 aliphatic rings. The molecule has 0 heterocycles. The molecule has 1 amide bonds. The quantitative estimate of drug-likeness (QED) is 0.0224. The molecule has 1 saturated carbocycles. The Morgan fingerprint density at radius 1 is 0.647 bits per heavy atom. The van der Waals surface area contributed by atoms with Crippen LogP contribution in [0.1, 0.15) is 168 Å². The van der Waals surface area contributed by atoms with Crippen LogP contribution in [0.5, 0.6) is 0 Å². The summed E-state index contributed by atoms with van der Waals surface area (Å²) in [6, 6.07) is -1.11. The summed E-state index contributed by atoms with van der Waals surface area (Å²) in [6.07, 6.45) is 17.3. The second-order valence-corrected chi connectivity index (χ2v) is 15.9. The van der Waals surface area contributed by atoms with E-state index in [0.717, 1.165) is 44.9 Å². The number of carbonyl (C=O) groups excluding carboxylic acids is 1. The molecule has 0 radical (unpaired) electrons. The third kappa shape index (κ3) is 22.2. The van der Waals surface area contributed by atoms with Crippen LogP contribution in [0.15, 0.2) is 12.2 Å². The molecule has 0 saturated heterocycles. The lowest BCUT2D eigenvalue weighted by Crippen LogP contribution is -2.64. The summed E-state index contributed by atoms with van der Waals surface area (Å²) >= 11 is 0. The zero-order valence-corrected chi connectivity index (χ0v) is 32.6. The highest BCUT2D eigenvalue weighted by Crippen LogP contribution is 2.47. The van der Waals surface area contributed by atoms with Crippen molar-refractivity contribution in [2.24, 2.45) is 0 Å². The normalized spacial score (nSPS) is 24.8. The van der Waals surface area contributed by atoms with Crippen molar-refractivity contribution < 1.29 is 53.9 Å². The second kappa shape index (κ2) is 29.4. The van der Waals surface area contributed by atoms with Gasteiger partial charge in [0, 0.05) is 6.42 Å². The van der Waals surface area contributed by atoms with Gasteiger partial charge in [0.15, 0.2) is 0 Å². The first kappa shape index (κ1) is 48.1. The maximum atomic E-state index is 12.8. The van der Waals surface area contributed by atoms with Gasteiger partial charge in [0.05, 0.1) is 18.8 Å². The van der Waals surface area contributed by atoms with Crippen molar-refractivity contribution >= 4 is 13.7 Å².